The van der Waals surface area contributed by atoms with Crippen molar-refractivity contribution in [1.82, 2.24) is 20.1 Å². The Labute approximate surface area is 128 Å². The van der Waals surface area contributed by atoms with Gasteiger partial charge in [0, 0.05) is 25.6 Å². The molecule has 2 aromatic heterocycles. The molecule has 0 atom stereocenters. The number of nitrogens with one attached hydrogen (secondary N) is 1. The molecule has 8 nitrogen and oxygen atoms in total. The Kier molecular flexibility index (Phi) is 4.47. The number of aliphatic hydroxyl groups is 1. The molecule has 8 heteroatoms. The third-order valence-corrected chi connectivity index (χ3v) is 3.78. The first-order valence-corrected chi connectivity index (χ1v) is 7.46. The van der Waals surface area contributed by atoms with Crippen LogP contribution in [-0.2, 0) is 6.54 Å². The van der Waals surface area contributed by atoms with E-state index in [-0.39, 0.29) is 6.61 Å². The molecule has 2 N–H and O–H groups in total. The molecule has 0 unspecified atom stereocenters. The fourth-order valence-corrected chi connectivity index (χ4v) is 2.28. The van der Waals surface area contributed by atoms with Crippen molar-refractivity contribution in [2.45, 2.75) is 31.7 Å². The Morgan fingerprint density at radius 2 is 2.27 bits per heavy atom. The average Bonchev–Trinajstić information content (AvgIpc) is 2.91. The van der Waals surface area contributed by atoms with Crippen molar-refractivity contribution in [2.24, 2.45) is 0 Å². The quantitative estimate of drug-likeness (QED) is 0.786. The summed E-state index contributed by atoms with van der Waals surface area (Å²) in [5.41, 5.74) is 0. The van der Waals surface area contributed by atoms with E-state index in [4.69, 9.17) is 9.63 Å². The van der Waals surface area contributed by atoms with Crippen molar-refractivity contribution in [3.8, 4) is 0 Å². The van der Waals surface area contributed by atoms with Gasteiger partial charge in [-0.1, -0.05) is 11.6 Å². The van der Waals surface area contributed by atoms with Crippen LogP contribution in [0.4, 0.5) is 11.6 Å². The van der Waals surface area contributed by atoms with Gasteiger partial charge in [-0.3, -0.25) is 0 Å². The normalized spacial score (nSPS) is 14.6. The minimum atomic E-state index is 0.0575. The van der Waals surface area contributed by atoms with Crippen molar-refractivity contribution < 1.29 is 9.63 Å². The Balaban J connectivity index is 1.63. The van der Waals surface area contributed by atoms with E-state index >= 15 is 0 Å². The lowest BCUT2D eigenvalue weighted by atomic mass is 9.85. The first kappa shape index (κ1) is 14.7. The first-order valence-electron chi connectivity index (χ1n) is 7.46. The molecule has 0 amide bonds. The second-order valence-electron chi connectivity index (χ2n) is 5.44. The monoisotopic (exact) mass is 304 g/mol. The second-order valence-corrected chi connectivity index (χ2v) is 5.44. The van der Waals surface area contributed by atoms with Crippen LogP contribution in [0.2, 0.25) is 0 Å². The van der Waals surface area contributed by atoms with Gasteiger partial charge in [0.2, 0.25) is 5.89 Å². The maximum Gasteiger partial charge on any atom is 0.229 e. The molecule has 0 saturated heterocycles. The number of anilines is 2. The molecule has 0 spiro atoms. The Morgan fingerprint density at radius 1 is 1.41 bits per heavy atom. The minimum Gasteiger partial charge on any atom is -0.395 e. The van der Waals surface area contributed by atoms with E-state index < -0.39 is 0 Å². The third-order valence-electron chi connectivity index (χ3n) is 3.78. The number of hydrogen-bond acceptors (Lipinski definition) is 8. The van der Waals surface area contributed by atoms with Crippen LogP contribution in [0.5, 0.6) is 0 Å². The smallest absolute Gasteiger partial charge is 0.229 e. The van der Waals surface area contributed by atoms with E-state index in [9.17, 15) is 0 Å². The molecule has 2 heterocycles. The number of hydrogen-bond donors (Lipinski definition) is 2. The van der Waals surface area contributed by atoms with Crippen molar-refractivity contribution in [1.29, 1.82) is 0 Å². The van der Waals surface area contributed by atoms with E-state index in [0.29, 0.717) is 30.6 Å². The summed E-state index contributed by atoms with van der Waals surface area (Å²) >= 11 is 0. The molecule has 3 rings (SSSR count). The molecule has 0 aliphatic heterocycles. The maximum absolute atomic E-state index is 8.83. The summed E-state index contributed by atoms with van der Waals surface area (Å²) in [6, 6.07) is 1.82. The van der Waals surface area contributed by atoms with Crippen molar-refractivity contribution in [3.63, 3.8) is 0 Å². The first-order chi connectivity index (χ1) is 10.8. The highest BCUT2D eigenvalue weighted by Crippen LogP contribution is 2.35. The zero-order valence-electron chi connectivity index (χ0n) is 12.6. The largest absolute Gasteiger partial charge is 0.395 e. The number of aromatic nitrogens is 4. The van der Waals surface area contributed by atoms with E-state index in [1.165, 1.54) is 12.7 Å². The number of rotatable bonds is 7. The van der Waals surface area contributed by atoms with Gasteiger partial charge in [0.15, 0.2) is 5.82 Å². The summed E-state index contributed by atoms with van der Waals surface area (Å²) in [6.45, 7) is 1.03. The number of aliphatic hydroxyl groups excluding tert-OH is 1. The Bertz CT molecular complexity index is 613. The second kappa shape index (κ2) is 6.69. The fourth-order valence-electron chi connectivity index (χ4n) is 2.28. The summed E-state index contributed by atoms with van der Waals surface area (Å²) in [5, 5.41) is 15.9. The molecule has 22 heavy (non-hydrogen) atoms. The lowest BCUT2D eigenvalue weighted by Gasteiger charge is -2.20. The summed E-state index contributed by atoms with van der Waals surface area (Å²) in [5.74, 6) is 3.29. The lowest BCUT2D eigenvalue weighted by molar-refractivity contribution is 0.291. The molecule has 118 valence electrons. The molecular formula is C14H20N6O2. The van der Waals surface area contributed by atoms with Crippen LogP contribution >= 0.6 is 0 Å². The highest BCUT2D eigenvalue weighted by molar-refractivity contribution is 5.47. The SMILES string of the molecule is CN(Cc1noc(C2CCC2)n1)c1cc(NCCO)ncn1. The van der Waals surface area contributed by atoms with Gasteiger partial charge in [0.25, 0.3) is 0 Å². The zero-order valence-corrected chi connectivity index (χ0v) is 12.6. The molecular weight excluding hydrogens is 284 g/mol. The van der Waals surface area contributed by atoms with Gasteiger partial charge in [0.1, 0.15) is 18.0 Å². The molecule has 0 radical (unpaired) electrons. The van der Waals surface area contributed by atoms with Gasteiger partial charge in [-0.15, -0.1) is 0 Å². The van der Waals surface area contributed by atoms with Crippen LogP contribution in [-0.4, -0.2) is 45.4 Å². The van der Waals surface area contributed by atoms with Crippen molar-refractivity contribution in [2.75, 3.05) is 30.4 Å². The van der Waals surface area contributed by atoms with Crippen LogP contribution < -0.4 is 10.2 Å². The van der Waals surface area contributed by atoms with Crippen LogP contribution in [0.3, 0.4) is 0 Å². The highest BCUT2D eigenvalue weighted by atomic mass is 16.5. The van der Waals surface area contributed by atoms with Gasteiger partial charge in [-0.2, -0.15) is 4.98 Å². The molecule has 0 bridgehead atoms. The van der Waals surface area contributed by atoms with Crippen LogP contribution in [0.1, 0.15) is 36.9 Å². The topological polar surface area (TPSA) is 100 Å². The van der Waals surface area contributed by atoms with Gasteiger partial charge < -0.3 is 19.8 Å². The average molecular weight is 304 g/mol. The summed E-state index contributed by atoms with van der Waals surface area (Å²) in [7, 11) is 1.91. The Hall–Kier alpha value is -2.22. The Morgan fingerprint density at radius 3 is 3.00 bits per heavy atom. The molecule has 1 saturated carbocycles. The van der Waals surface area contributed by atoms with Gasteiger partial charge >= 0.3 is 0 Å². The third kappa shape index (κ3) is 3.33. The predicted octanol–water partition coefficient (Wildman–Crippen LogP) is 1.17. The maximum atomic E-state index is 8.83. The summed E-state index contributed by atoms with van der Waals surface area (Å²) in [4.78, 5) is 14.7. The van der Waals surface area contributed by atoms with Crippen LogP contribution in [0, 0.1) is 0 Å². The van der Waals surface area contributed by atoms with E-state index in [1.807, 2.05) is 18.0 Å². The molecule has 0 aromatic carbocycles. The van der Waals surface area contributed by atoms with E-state index in [2.05, 4.69) is 25.4 Å². The minimum absolute atomic E-state index is 0.0575. The van der Waals surface area contributed by atoms with Crippen molar-refractivity contribution >= 4 is 11.6 Å². The molecule has 1 fully saturated rings. The highest BCUT2D eigenvalue weighted by Gasteiger charge is 2.25. The van der Waals surface area contributed by atoms with Gasteiger partial charge in [0.05, 0.1) is 13.2 Å². The number of nitrogens with zero attached hydrogens (tertiary/aromatic N) is 5. The lowest BCUT2D eigenvalue weighted by Crippen LogP contribution is -2.19. The van der Waals surface area contributed by atoms with Gasteiger partial charge in [-0.25, -0.2) is 9.97 Å². The molecule has 1 aliphatic carbocycles. The summed E-state index contributed by atoms with van der Waals surface area (Å²) < 4.78 is 5.32. The van der Waals surface area contributed by atoms with E-state index in [1.54, 1.807) is 0 Å². The zero-order chi connectivity index (χ0) is 15.4. The molecule has 1 aliphatic rings. The molecule has 2 aromatic rings. The fraction of sp³-hybridized carbons (Fsp3) is 0.571. The summed E-state index contributed by atoms with van der Waals surface area (Å²) in [6.07, 6.45) is 5.01. The van der Waals surface area contributed by atoms with E-state index in [0.717, 1.165) is 24.6 Å². The van der Waals surface area contributed by atoms with Crippen LogP contribution in [0.25, 0.3) is 0 Å². The standard InChI is InChI=1S/C14H20N6O2/c1-20(13-7-11(15-5-6-21)16-9-17-13)8-12-18-14(22-19-12)10-3-2-4-10/h7,9-10,21H,2-6,8H2,1H3,(H,15,16,17). The van der Waals surface area contributed by atoms with Gasteiger partial charge in [-0.05, 0) is 12.8 Å². The van der Waals surface area contributed by atoms with Crippen LogP contribution in [0.15, 0.2) is 16.9 Å². The predicted molar refractivity (Wildman–Crippen MR) is 80.6 cm³/mol. The van der Waals surface area contributed by atoms with Crippen molar-refractivity contribution in [3.05, 3.63) is 24.1 Å².